The van der Waals surface area contributed by atoms with E-state index in [0.717, 1.165) is 38.5 Å². The van der Waals surface area contributed by atoms with Gasteiger partial charge in [-0.05, 0) is 29.3 Å². The van der Waals surface area contributed by atoms with Gasteiger partial charge in [-0.25, -0.2) is 0 Å². The zero-order chi connectivity index (χ0) is 23.5. The molecule has 3 aromatic carbocycles. The molecule has 0 fully saturated rings. The van der Waals surface area contributed by atoms with Crippen molar-refractivity contribution in [2.45, 2.75) is 12.3 Å². The molecule has 0 spiro atoms. The van der Waals surface area contributed by atoms with Gasteiger partial charge >= 0.3 is 0 Å². The van der Waals surface area contributed by atoms with Crippen LogP contribution in [0.4, 0.5) is 0 Å². The standard InChI is InChI=1S/C28H27N3O3/c1-33-26-13-7-10-21(28(26)34-2)23(22-16-30-25-12-6-4-9-20(22)25)17-31-27(32)14-18-15-29-24-11-5-3-8-19(18)24/h3-13,15-16,23,29-30H,14,17H2,1-2H3,(H,31,32). The van der Waals surface area contributed by atoms with Gasteiger partial charge in [0.15, 0.2) is 11.5 Å². The average Bonchev–Trinajstić information content (AvgIpc) is 3.48. The van der Waals surface area contributed by atoms with Crippen molar-refractivity contribution in [1.29, 1.82) is 0 Å². The summed E-state index contributed by atoms with van der Waals surface area (Å²) in [6.45, 7) is 0.423. The van der Waals surface area contributed by atoms with E-state index in [-0.39, 0.29) is 11.8 Å². The Morgan fingerprint density at radius 1 is 0.824 bits per heavy atom. The zero-order valence-electron chi connectivity index (χ0n) is 19.2. The van der Waals surface area contributed by atoms with Crippen LogP contribution in [0.2, 0.25) is 0 Å². The first-order chi connectivity index (χ1) is 16.7. The van der Waals surface area contributed by atoms with Crippen molar-refractivity contribution < 1.29 is 14.3 Å². The Hall–Kier alpha value is -4.19. The van der Waals surface area contributed by atoms with E-state index < -0.39 is 0 Å². The number of hydrogen-bond acceptors (Lipinski definition) is 3. The van der Waals surface area contributed by atoms with Crippen LogP contribution in [0.3, 0.4) is 0 Å². The number of benzene rings is 3. The molecule has 3 N–H and O–H groups in total. The van der Waals surface area contributed by atoms with Gasteiger partial charge in [-0.2, -0.15) is 0 Å². The molecule has 1 atom stereocenters. The van der Waals surface area contributed by atoms with Gasteiger partial charge < -0.3 is 24.8 Å². The first kappa shape index (κ1) is 21.6. The van der Waals surface area contributed by atoms with E-state index in [0.29, 0.717) is 24.5 Å². The van der Waals surface area contributed by atoms with E-state index in [1.54, 1.807) is 14.2 Å². The molecule has 6 nitrogen and oxygen atoms in total. The molecule has 0 radical (unpaired) electrons. The van der Waals surface area contributed by atoms with Crippen molar-refractivity contribution in [3.8, 4) is 11.5 Å². The molecule has 0 saturated heterocycles. The van der Waals surface area contributed by atoms with Gasteiger partial charge in [0, 0.05) is 52.2 Å². The van der Waals surface area contributed by atoms with Crippen molar-refractivity contribution in [2.75, 3.05) is 20.8 Å². The molecule has 1 amide bonds. The second-order valence-corrected chi connectivity index (χ2v) is 8.27. The Morgan fingerprint density at radius 3 is 2.29 bits per heavy atom. The first-order valence-corrected chi connectivity index (χ1v) is 11.3. The SMILES string of the molecule is COc1cccc(C(CNC(=O)Cc2c[nH]c3ccccc23)c2c[nH]c3ccccc23)c1OC. The molecule has 0 aliphatic heterocycles. The van der Waals surface area contributed by atoms with Crippen LogP contribution in [0.1, 0.15) is 22.6 Å². The number of methoxy groups -OCH3 is 2. The minimum atomic E-state index is -0.131. The number of ether oxygens (including phenoxy) is 2. The largest absolute Gasteiger partial charge is 0.493 e. The zero-order valence-corrected chi connectivity index (χ0v) is 19.2. The number of fused-ring (bicyclic) bond motifs is 2. The summed E-state index contributed by atoms with van der Waals surface area (Å²) in [7, 11) is 3.27. The summed E-state index contributed by atoms with van der Waals surface area (Å²) in [6, 6.07) is 22.0. The Balaban J connectivity index is 1.46. The molecule has 0 saturated carbocycles. The first-order valence-electron chi connectivity index (χ1n) is 11.3. The second-order valence-electron chi connectivity index (χ2n) is 8.27. The molecule has 172 valence electrons. The number of nitrogens with one attached hydrogen (secondary N) is 3. The number of H-pyrrole nitrogens is 2. The van der Waals surface area contributed by atoms with Crippen molar-refractivity contribution in [1.82, 2.24) is 15.3 Å². The van der Waals surface area contributed by atoms with Crippen LogP contribution < -0.4 is 14.8 Å². The molecule has 0 aliphatic carbocycles. The van der Waals surface area contributed by atoms with Crippen LogP contribution >= 0.6 is 0 Å². The van der Waals surface area contributed by atoms with Crippen molar-refractivity contribution in [3.05, 3.63) is 95.8 Å². The van der Waals surface area contributed by atoms with Gasteiger partial charge in [0.25, 0.3) is 0 Å². The summed E-state index contributed by atoms with van der Waals surface area (Å²) in [5.74, 6) is 1.17. The van der Waals surface area contributed by atoms with E-state index in [4.69, 9.17) is 9.47 Å². The number of carbonyl (C=O) groups excluding carboxylic acids is 1. The number of amides is 1. The molecule has 2 aromatic heterocycles. The maximum atomic E-state index is 13.0. The molecular formula is C28H27N3O3. The number of aromatic amines is 2. The molecule has 0 bridgehead atoms. The highest BCUT2D eigenvalue weighted by Gasteiger charge is 2.24. The average molecular weight is 454 g/mol. The molecule has 6 heteroatoms. The van der Waals surface area contributed by atoms with Crippen LogP contribution in [0.5, 0.6) is 11.5 Å². The van der Waals surface area contributed by atoms with E-state index in [9.17, 15) is 4.79 Å². The predicted octanol–water partition coefficient (Wildman–Crippen LogP) is 5.16. The minimum absolute atomic E-state index is 0.0311. The molecule has 5 aromatic rings. The molecule has 34 heavy (non-hydrogen) atoms. The Morgan fingerprint density at radius 2 is 1.53 bits per heavy atom. The highest BCUT2D eigenvalue weighted by Crippen LogP contribution is 2.40. The fraction of sp³-hybridized carbons (Fsp3) is 0.179. The van der Waals surface area contributed by atoms with Gasteiger partial charge in [0.1, 0.15) is 0 Å². The summed E-state index contributed by atoms with van der Waals surface area (Å²) in [4.78, 5) is 19.6. The Kier molecular flexibility index (Phi) is 5.95. The van der Waals surface area contributed by atoms with E-state index in [2.05, 4.69) is 21.4 Å². The molecule has 1 unspecified atom stereocenters. The molecule has 0 aliphatic rings. The van der Waals surface area contributed by atoms with Crippen LogP contribution in [0, 0.1) is 0 Å². The van der Waals surface area contributed by atoms with E-state index in [1.807, 2.05) is 73.1 Å². The number of carbonyl (C=O) groups is 1. The molecule has 5 rings (SSSR count). The van der Waals surface area contributed by atoms with Crippen LogP contribution in [0.15, 0.2) is 79.1 Å². The summed E-state index contributed by atoms with van der Waals surface area (Å²) in [5.41, 5.74) is 5.11. The lowest BCUT2D eigenvalue weighted by molar-refractivity contribution is -0.120. The van der Waals surface area contributed by atoms with Crippen LogP contribution in [-0.2, 0) is 11.2 Å². The van der Waals surface area contributed by atoms with Gasteiger partial charge in [0.05, 0.1) is 20.6 Å². The van der Waals surface area contributed by atoms with Gasteiger partial charge in [-0.15, -0.1) is 0 Å². The van der Waals surface area contributed by atoms with Crippen molar-refractivity contribution in [3.63, 3.8) is 0 Å². The lowest BCUT2D eigenvalue weighted by Gasteiger charge is -2.22. The quantitative estimate of drug-likeness (QED) is 0.304. The highest BCUT2D eigenvalue weighted by atomic mass is 16.5. The smallest absolute Gasteiger partial charge is 0.224 e. The maximum absolute atomic E-state index is 13.0. The summed E-state index contributed by atoms with van der Waals surface area (Å²) < 4.78 is 11.3. The van der Waals surface area contributed by atoms with Crippen LogP contribution in [-0.4, -0.2) is 36.6 Å². The van der Waals surface area contributed by atoms with Crippen molar-refractivity contribution in [2.24, 2.45) is 0 Å². The van der Waals surface area contributed by atoms with Gasteiger partial charge in [0.2, 0.25) is 5.91 Å². The Bertz CT molecular complexity index is 1450. The summed E-state index contributed by atoms with van der Waals surface area (Å²) in [5, 5.41) is 5.35. The lowest BCUT2D eigenvalue weighted by Crippen LogP contribution is -2.30. The van der Waals surface area contributed by atoms with Gasteiger partial charge in [-0.3, -0.25) is 4.79 Å². The predicted molar refractivity (Wildman–Crippen MR) is 135 cm³/mol. The van der Waals surface area contributed by atoms with Crippen molar-refractivity contribution >= 4 is 27.7 Å². The fourth-order valence-electron chi connectivity index (χ4n) is 4.69. The third kappa shape index (κ3) is 3.99. The molecular weight excluding hydrogens is 426 g/mol. The third-order valence-corrected chi connectivity index (χ3v) is 6.33. The van der Waals surface area contributed by atoms with E-state index >= 15 is 0 Å². The highest BCUT2D eigenvalue weighted by molar-refractivity contribution is 5.89. The number of para-hydroxylation sites is 3. The van der Waals surface area contributed by atoms with Crippen LogP contribution in [0.25, 0.3) is 21.8 Å². The van der Waals surface area contributed by atoms with E-state index in [1.165, 1.54) is 0 Å². The number of hydrogen-bond donors (Lipinski definition) is 3. The molecule has 2 heterocycles. The topological polar surface area (TPSA) is 79.1 Å². The summed E-state index contributed by atoms with van der Waals surface area (Å²) >= 11 is 0. The maximum Gasteiger partial charge on any atom is 0.224 e. The minimum Gasteiger partial charge on any atom is -0.493 e. The number of aromatic nitrogens is 2. The lowest BCUT2D eigenvalue weighted by atomic mass is 9.89. The monoisotopic (exact) mass is 453 g/mol. The number of rotatable bonds is 8. The fourth-order valence-corrected chi connectivity index (χ4v) is 4.69. The Labute approximate surface area is 197 Å². The second kappa shape index (κ2) is 9.35. The summed E-state index contributed by atoms with van der Waals surface area (Å²) in [6.07, 6.45) is 4.23. The third-order valence-electron chi connectivity index (χ3n) is 6.33. The normalized spacial score (nSPS) is 12.1. The van der Waals surface area contributed by atoms with Gasteiger partial charge in [-0.1, -0.05) is 48.5 Å².